The number of aromatic hydroxyl groups is 1. The Morgan fingerprint density at radius 2 is 1.83 bits per heavy atom. The maximum atomic E-state index is 13.7. The number of hydrogen-bond acceptors (Lipinski definition) is 8. The summed E-state index contributed by atoms with van der Waals surface area (Å²) in [6.07, 6.45) is 1.53. The van der Waals surface area contributed by atoms with E-state index in [-0.39, 0.29) is 29.7 Å². The van der Waals surface area contributed by atoms with Gasteiger partial charge in [0.1, 0.15) is 22.8 Å². The van der Waals surface area contributed by atoms with Crippen molar-refractivity contribution in [2.24, 2.45) is 11.8 Å². The molecule has 0 radical (unpaired) electrons. The Kier molecular flexibility index (Phi) is 6.19. The van der Waals surface area contributed by atoms with Gasteiger partial charge in [-0.2, -0.15) is 0 Å². The van der Waals surface area contributed by atoms with Crippen molar-refractivity contribution in [1.82, 2.24) is 5.32 Å². The van der Waals surface area contributed by atoms with Crippen LogP contribution in [0.5, 0.6) is 5.75 Å². The molecule has 0 spiro atoms. The lowest BCUT2D eigenvalue weighted by molar-refractivity contribution is -0.147. The molecule has 0 saturated heterocycles. The highest BCUT2D eigenvalue weighted by molar-refractivity contribution is 6.23. The third kappa shape index (κ3) is 3.77. The van der Waals surface area contributed by atoms with Crippen LogP contribution in [0.15, 0.2) is 29.0 Å². The van der Waals surface area contributed by atoms with Crippen molar-refractivity contribution in [2.45, 2.75) is 64.0 Å². The van der Waals surface area contributed by atoms with Crippen LogP contribution in [0.25, 0.3) is 5.76 Å². The summed E-state index contributed by atoms with van der Waals surface area (Å²) in [4.78, 5) is 41.6. The van der Waals surface area contributed by atoms with E-state index in [0.29, 0.717) is 18.4 Å². The van der Waals surface area contributed by atoms with Gasteiger partial charge in [0.15, 0.2) is 11.4 Å². The topological polar surface area (TPSA) is 147 Å². The molecular formula is C27H34N2O7. The highest BCUT2D eigenvalue weighted by Gasteiger charge is 2.60. The molecule has 9 heteroatoms. The van der Waals surface area contributed by atoms with Gasteiger partial charge in [-0.3, -0.25) is 14.4 Å². The van der Waals surface area contributed by atoms with Crippen LogP contribution in [-0.2, 0) is 20.8 Å². The number of aliphatic hydroxyl groups is 3. The van der Waals surface area contributed by atoms with Gasteiger partial charge in [0.2, 0.25) is 5.78 Å². The Hall–Kier alpha value is -3.33. The van der Waals surface area contributed by atoms with Crippen LogP contribution < -0.4 is 10.2 Å². The number of nitrogens with zero attached hydrogens (tertiary/aromatic N) is 1. The van der Waals surface area contributed by atoms with Gasteiger partial charge in [0.05, 0.1) is 5.56 Å². The summed E-state index contributed by atoms with van der Waals surface area (Å²) in [6, 6.07) is 3.14. The molecule has 4 rings (SSSR count). The summed E-state index contributed by atoms with van der Waals surface area (Å²) in [5.41, 5.74) is -2.41. The van der Waals surface area contributed by atoms with Gasteiger partial charge in [-0.1, -0.05) is 13.3 Å². The molecule has 9 nitrogen and oxygen atoms in total. The monoisotopic (exact) mass is 498 g/mol. The number of ketones is 2. The van der Waals surface area contributed by atoms with Gasteiger partial charge < -0.3 is 30.6 Å². The molecule has 1 aromatic carbocycles. The molecule has 0 aromatic heterocycles. The summed E-state index contributed by atoms with van der Waals surface area (Å²) in [5.74, 6) is -5.58. The van der Waals surface area contributed by atoms with Gasteiger partial charge in [0.25, 0.3) is 5.91 Å². The van der Waals surface area contributed by atoms with Crippen molar-refractivity contribution in [2.75, 3.05) is 19.0 Å². The molecule has 36 heavy (non-hydrogen) atoms. The Morgan fingerprint density at radius 1 is 1.17 bits per heavy atom. The van der Waals surface area contributed by atoms with Crippen molar-refractivity contribution >= 4 is 28.9 Å². The van der Waals surface area contributed by atoms with Crippen molar-refractivity contribution < 1.29 is 34.8 Å². The molecule has 1 amide bonds. The van der Waals surface area contributed by atoms with E-state index in [1.807, 2.05) is 25.9 Å². The van der Waals surface area contributed by atoms with Gasteiger partial charge in [0, 0.05) is 43.2 Å². The second-order valence-corrected chi connectivity index (χ2v) is 11.0. The lowest BCUT2D eigenvalue weighted by Gasteiger charge is -2.46. The van der Waals surface area contributed by atoms with Crippen LogP contribution in [0.1, 0.15) is 57.6 Å². The molecule has 3 atom stereocenters. The minimum Gasteiger partial charge on any atom is -0.508 e. The van der Waals surface area contributed by atoms with Crippen LogP contribution in [0.2, 0.25) is 0 Å². The number of carbonyl (C=O) groups is 3. The molecule has 0 heterocycles. The Labute approximate surface area is 210 Å². The number of rotatable bonds is 5. The van der Waals surface area contributed by atoms with Crippen LogP contribution in [0.4, 0.5) is 5.69 Å². The van der Waals surface area contributed by atoms with Crippen LogP contribution >= 0.6 is 0 Å². The third-order valence-corrected chi connectivity index (χ3v) is 7.71. The van der Waals surface area contributed by atoms with E-state index >= 15 is 0 Å². The number of phenols is 1. The quantitative estimate of drug-likeness (QED) is 0.389. The number of amides is 1. The summed E-state index contributed by atoms with van der Waals surface area (Å²) >= 11 is 0. The normalized spacial score (nSPS) is 25.8. The molecule has 0 unspecified atom stereocenters. The molecule has 3 aliphatic carbocycles. The number of Topliss-reactive ketones (excluding diaryl/α,β-unsaturated/α-hetero) is 2. The van der Waals surface area contributed by atoms with E-state index in [0.717, 1.165) is 12.1 Å². The van der Waals surface area contributed by atoms with Crippen molar-refractivity contribution in [3.05, 3.63) is 40.2 Å². The average molecular weight is 499 g/mol. The van der Waals surface area contributed by atoms with E-state index in [1.54, 1.807) is 19.9 Å². The summed E-state index contributed by atoms with van der Waals surface area (Å²) in [5, 5.41) is 47.1. The van der Waals surface area contributed by atoms with Crippen LogP contribution in [0, 0.1) is 11.8 Å². The lowest BCUT2D eigenvalue weighted by Crippen LogP contribution is -2.59. The molecule has 194 valence electrons. The predicted octanol–water partition coefficient (Wildman–Crippen LogP) is 2.70. The summed E-state index contributed by atoms with van der Waals surface area (Å²) < 4.78 is 0. The molecule has 1 aromatic rings. The number of anilines is 1. The van der Waals surface area contributed by atoms with Crippen LogP contribution in [-0.4, -0.2) is 63.1 Å². The molecule has 1 fully saturated rings. The standard InChI is InChI=1S/C27H34N2O7/c1-6-9-26(2,3)28-25(35)21-18(31)12-14-10-13-11-15-16(29(4)5)7-8-17(30)20(15)22(32)19(13)23(33)27(14,36)24(21)34/h7-8,13-14,30,32,34,36H,6,9-12H2,1-5H3,(H,28,35)/t13-,14+,27+/m1/s1. The fourth-order valence-electron chi connectivity index (χ4n) is 6.06. The number of carbonyl (C=O) groups excluding carboxylic acids is 3. The predicted molar refractivity (Wildman–Crippen MR) is 134 cm³/mol. The molecule has 0 aliphatic heterocycles. The molecule has 1 saturated carbocycles. The van der Waals surface area contributed by atoms with E-state index in [9.17, 15) is 34.8 Å². The average Bonchev–Trinajstić information content (AvgIpc) is 2.75. The van der Waals surface area contributed by atoms with Gasteiger partial charge >= 0.3 is 0 Å². The minimum absolute atomic E-state index is 0.109. The SMILES string of the molecule is CCCC(C)(C)NC(=O)C1=C(O)[C@@]2(O)C(=O)C3=C(O)c4c(O)ccc(N(C)C)c4C[C@H]3C[C@H]2CC1=O. The number of hydrogen-bond donors (Lipinski definition) is 5. The van der Waals surface area contributed by atoms with Crippen LogP contribution in [0.3, 0.4) is 0 Å². The zero-order chi connectivity index (χ0) is 26.7. The molecular weight excluding hydrogens is 464 g/mol. The fraction of sp³-hybridized carbons (Fsp3) is 0.519. The number of fused-ring (bicyclic) bond motifs is 3. The smallest absolute Gasteiger partial charge is 0.258 e. The largest absolute Gasteiger partial charge is 0.508 e. The molecule has 0 bridgehead atoms. The number of aliphatic hydroxyl groups excluding tert-OH is 2. The maximum Gasteiger partial charge on any atom is 0.258 e. The van der Waals surface area contributed by atoms with Crippen molar-refractivity contribution in [3.63, 3.8) is 0 Å². The van der Waals surface area contributed by atoms with Gasteiger partial charge in [-0.25, -0.2) is 0 Å². The highest BCUT2D eigenvalue weighted by Crippen LogP contribution is 2.53. The second-order valence-electron chi connectivity index (χ2n) is 11.0. The zero-order valence-electron chi connectivity index (χ0n) is 21.3. The first-order valence-corrected chi connectivity index (χ1v) is 12.3. The first-order chi connectivity index (χ1) is 16.7. The first-order valence-electron chi connectivity index (χ1n) is 12.3. The minimum atomic E-state index is -2.53. The first kappa shape index (κ1) is 25.8. The number of nitrogens with one attached hydrogen (secondary N) is 1. The van der Waals surface area contributed by atoms with Gasteiger partial charge in [-0.15, -0.1) is 0 Å². The van der Waals surface area contributed by atoms with E-state index < -0.39 is 57.5 Å². The molecule has 5 N–H and O–H groups in total. The molecule has 3 aliphatic rings. The Morgan fingerprint density at radius 3 is 2.44 bits per heavy atom. The lowest BCUT2D eigenvalue weighted by atomic mass is 9.59. The number of phenolic OH excluding ortho intramolecular Hbond substituents is 1. The van der Waals surface area contributed by atoms with E-state index in [2.05, 4.69) is 5.32 Å². The fourth-order valence-corrected chi connectivity index (χ4v) is 6.06. The highest BCUT2D eigenvalue weighted by atomic mass is 16.3. The Balaban J connectivity index is 1.83. The summed E-state index contributed by atoms with van der Waals surface area (Å²) in [6.45, 7) is 5.51. The third-order valence-electron chi connectivity index (χ3n) is 7.71. The van der Waals surface area contributed by atoms with E-state index in [1.165, 1.54) is 6.07 Å². The zero-order valence-corrected chi connectivity index (χ0v) is 21.3. The van der Waals surface area contributed by atoms with E-state index in [4.69, 9.17) is 0 Å². The second kappa shape index (κ2) is 8.65. The maximum absolute atomic E-state index is 13.7. The number of benzene rings is 1. The summed E-state index contributed by atoms with van der Waals surface area (Å²) in [7, 11) is 3.65. The van der Waals surface area contributed by atoms with Crippen molar-refractivity contribution in [3.8, 4) is 5.75 Å². The van der Waals surface area contributed by atoms with Gasteiger partial charge in [-0.05, 0) is 56.7 Å². The Bertz CT molecular complexity index is 1230. The van der Waals surface area contributed by atoms with Crippen molar-refractivity contribution in [1.29, 1.82) is 0 Å².